The zero-order chi connectivity index (χ0) is 31.6. The van der Waals surface area contributed by atoms with Crippen molar-refractivity contribution in [1.82, 2.24) is 19.6 Å². The fourth-order valence-corrected chi connectivity index (χ4v) is 8.90. The fourth-order valence-electron chi connectivity index (χ4n) is 8.90. The second-order valence-corrected chi connectivity index (χ2v) is 14.2. The first-order chi connectivity index (χ1) is 22.5. The fraction of sp³-hybridized carbons (Fsp3) is 0.579. The molecule has 0 spiro atoms. The number of hydrogen-bond acceptors (Lipinski definition) is 4. The van der Waals surface area contributed by atoms with Crippen LogP contribution in [0, 0.1) is 11.8 Å². The summed E-state index contributed by atoms with van der Waals surface area (Å²) >= 11 is 0. The predicted molar refractivity (Wildman–Crippen MR) is 176 cm³/mol. The summed E-state index contributed by atoms with van der Waals surface area (Å²) in [4.78, 5) is 58.4. The van der Waals surface area contributed by atoms with E-state index < -0.39 is 0 Å². The molecule has 46 heavy (non-hydrogen) atoms. The summed E-state index contributed by atoms with van der Waals surface area (Å²) in [7, 11) is 0. The van der Waals surface area contributed by atoms with Crippen molar-refractivity contribution in [3.05, 3.63) is 70.8 Å². The Labute approximate surface area is 273 Å². The van der Waals surface area contributed by atoms with Gasteiger partial charge in [0, 0.05) is 38.0 Å². The molecule has 2 aromatic carbocycles. The number of amides is 4. The zero-order valence-corrected chi connectivity index (χ0v) is 27.1. The molecule has 4 aliphatic heterocycles. The van der Waals surface area contributed by atoms with Gasteiger partial charge in [0.2, 0.25) is 23.6 Å². The second kappa shape index (κ2) is 13.6. The third-order valence-electron chi connectivity index (χ3n) is 11.4. The first-order valence-electron chi connectivity index (χ1n) is 17.8. The first kappa shape index (κ1) is 30.9. The predicted octanol–water partition coefficient (Wildman–Crippen LogP) is 5.07. The Hall–Kier alpha value is -3.68. The maximum atomic E-state index is 12.8. The van der Waals surface area contributed by atoms with E-state index in [1.165, 1.54) is 35.1 Å². The summed E-state index contributed by atoms with van der Waals surface area (Å²) in [6, 6.07) is 16.8. The molecule has 0 bridgehead atoms. The van der Waals surface area contributed by atoms with Crippen molar-refractivity contribution in [1.29, 1.82) is 0 Å². The van der Waals surface area contributed by atoms with Crippen LogP contribution in [0.25, 0.3) is 0 Å². The standard InChI is InChI=1S/2C19H24N2O2/c2*22-18-13-20(19(23)15-7-2-1-3-8-15)12-17-16-9-5-4-6-14(16)10-11-21(17)18/h2*4-6,9,15,17H,1-3,7-8,10-13H2/t2*17-/m10/s1. The number of fused-ring (bicyclic) bond motifs is 6. The van der Waals surface area contributed by atoms with E-state index in [1.54, 1.807) is 0 Å². The molecule has 0 aromatic heterocycles. The van der Waals surface area contributed by atoms with Gasteiger partial charge in [0.25, 0.3) is 0 Å². The van der Waals surface area contributed by atoms with Crippen LogP contribution in [-0.4, -0.2) is 82.5 Å². The maximum Gasteiger partial charge on any atom is 0.242 e. The molecule has 2 saturated heterocycles. The van der Waals surface area contributed by atoms with Crippen LogP contribution in [-0.2, 0) is 32.0 Å². The van der Waals surface area contributed by atoms with Gasteiger partial charge in [-0.05, 0) is 60.8 Å². The minimum Gasteiger partial charge on any atom is -0.332 e. The van der Waals surface area contributed by atoms with Gasteiger partial charge in [0.1, 0.15) is 0 Å². The molecule has 4 fully saturated rings. The lowest BCUT2D eigenvalue weighted by Crippen LogP contribution is -2.56. The molecular weight excluding hydrogens is 576 g/mol. The highest BCUT2D eigenvalue weighted by atomic mass is 16.2. The third-order valence-corrected chi connectivity index (χ3v) is 11.4. The van der Waals surface area contributed by atoms with Crippen molar-refractivity contribution in [2.24, 2.45) is 11.8 Å². The van der Waals surface area contributed by atoms with Crippen LogP contribution in [0.2, 0.25) is 0 Å². The number of benzene rings is 2. The number of carbonyl (C=O) groups is 4. The largest absolute Gasteiger partial charge is 0.332 e. The zero-order valence-electron chi connectivity index (χ0n) is 27.1. The van der Waals surface area contributed by atoms with Gasteiger partial charge in [-0.2, -0.15) is 0 Å². The highest BCUT2D eigenvalue weighted by Gasteiger charge is 2.41. The van der Waals surface area contributed by atoms with Gasteiger partial charge >= 0.3 is 0 Å². The topological polar surface area (TPSA) is 81.2 Å². The minimum atomic E-state index is 0.0498. The molecule has 2 atom stereocenters. The molecule has 4 heterocycles. The van der Waals surface area contributed by atoms with Crippen LogP contribution in [0.15, 0.2) is 48.5 Å². The Morgan fingerprint density at radius 1 is 0.543 bits per heavy atom. The van der Waals surface area contributed by atoms with Gasteiger partial charge < -0.3 is 19.6 Å². The van der Waals surface area contributed by atoms with Gasteiger partial charge in [0.05, 0.1) is 25.2 Å². The van der Waals surface area contributed by atoms with Crippen LogP contribution in [0.5, 0.6) is 0 Å². The van der Waals surface area contributed by atoms with Crippen molar-refractivity contribution in [2.45, 2.75) is 89.1 Å². The Balaban J connectivity index is 0.000000147. The Morgan fingerprint density at radius 2 is 0.935 bits per heavy atom. The lowest BCUT2D eigenvalue weighted by atomic mass is 9.87. The maximum absolute atomic E-state index is 12.8. The summed E-state index contributed by atoms with van der Waals surface area (Å²) < 4.78 is 0. The Kier molecular flexibility index (Phi) is 9.14. The van der Waals surface area contributed by atoms with E-state index in [0.29, 0.717) is 13.1 Å². The van der Waals surface area contributed by atoms with Crippen LogP contribution in [0.3, 0.4) is 0 Å². The van der Waals surface area contributed by atoms with Crippen LogP contribution < -0.4 is 0 Å². The van der Waals surface area contributed by atoms with E-state index >= 15 is 0 Å². The SMILES string of the molecule is O=C(C1CCCCC1)N1CC(=O)N2CCc3ccccc3[C@@H]2C1.O=C(C1CCCCC1)N1CC(=O)N2CCc3ccccc3[C@H]2C1. The quantitative estimate of drug-likeness (QED) is 0.468. The highest BCUT2D eigenvalue weighted by Crippen LogP contribution is 2.36. The lowest BCUT2D eigenvalue weighted by molar-refractivity contribution is -0.152. The molecule has 244 valence electrons. The van der Waals surface area contributed by atoms with Crippen molar-refractivity contribution >= 4 is 23.6 Å². The molecular formula is C38H48N4O4. The molecule has 0 radical (unpaired) electrons. The molecule has 8 rings (SSSR count). The van der Waals surface area contributed by atoms with Crippen LogP contribution in [0.4, 0.5) is 0 Å². The number of piperazine rings is 2. The van der Waals surface area contributed by atoms with Gasteiger partial charge in [-0.3, -0.25) is 19.2 Å². The molecule has 0 unspecified atom stereocenters. The number of nitrogens with zero attached hydrogens (tertiary/aromatic N) is 4. The van der Waals surface area contributed by atoms with E-state index in [0.717, 1.165) is 77.3 Å². The van der Waals surface area contributed by atoms with Crippen LogP contribution in [0.1, 0.15) is 98.5 Å². The average molecular weight is 625 g/mol. The van der Waals surface area contributed by atoms with E-state index in [-0.39, 0.29) is 60.6 Å². The van der Waals surface area contributed by atoms with Crippen molar-refractivity contribution in [3.8, 4) is 0 Å². The third kappa shape index (κ3) is 6.19. The molecule has 6 aliphatic rings. The Bertz CT molecular complexity index is 1350. The normalized spacial score (nSPS) is 25.0. The minimum absolute atomic E-state index is 0.0498. The lowest BCUT2D eigenvalue weighted by Gasteiger charge is -2.45. The average Bonchev–Trinajstić information content (AvgIpc) is 3.11. The van der Waals surface area contributed by atoms with E-state index in [9.17, 15) is 19.2 Å². The van der Waals surface area contributed by atoms with E-state index in [4.69, 9.17) is 0 Å². The van der Waals surface area contributed by atoms with Crippen LogP contribution >= 0.6 is 0 Å². The van der Waals surface area contributed by atoms with Crippen molar-refractivity contribution < 1.29 is 19.2 Å². The van der Waals surface area contributed by atoms with E-state index in [2.05, 4.69) is 36.4 Å². The molecule has 4 amide bonds. The summed E-state index contributed by atoms with van der Waals surface area (Å²) in [6.07, 6.45) is 12.9. The molecule has 2 aliphatic carbocycles. The molecule has 8 heteroatoms. The summed E-state index contributed by atoms with van der Waals surface area (Å²) in [5.74, 6) is 0.921. The number of hydrogen-bond donors (Lipinski definition) is 0. The Morgan fingerprint density at radius 3 is 1.35 bits per heavy atom. The van der Waals surface area contributed by atoms with Gasteiger partial charge in [-0.1, -0.05) is 87.1 Å². The smallest absolute Gasteiger partial charge is 0.242 e. The summed E-state index contributed by atoms with van der Waals surface area (Å²) in [6.45, 7) is 3.44. The molecule has 8 nitrogen and oxygen atoms in total. The number of rotatable bonds is 2. The molecule has 2 saturated carbocycles. The summed E-state index contributed by atoms with van der Waals surface area (Å²) in [5.41, 5.74) is 5.11. The van der Waals surface area contributed by atoms with Gasteiger partial charge in [-0.15, -0.1) is 0 Å². The molecule has 0 N–H and O–H groups in total. The van der Waals surface area contributed by atoms with E-state index in [1.807, 2.05) is 31.7 Å². The van der Waals surface area contributed by atoms with Gasteiger partial charge in [-0.25, -0.2) is 0 Å². The monoisotopic (exact) mass is 624 g/mol. The second-order valence-electron chi connectivity index (χ2n) is 14.2. The van der Waals surface area contributed by atoms with Crippen molar-refractivity contribution in [3.63, 3.8) is 0 Å². The number of carbonyl (C=O) groups excluding carboxylic acids is 4. The van der Waals surface area contributed by atoms with Gasteiger partial charge in [0.15, 0.2) is 0 Å². The van der Waals surface area contributed by atoms with Crippen molar-refractivity contribution in [2.75, 3.05) is 39.3 Å². The first-order valence-corrected chi connectivity index (χ1v) is 17.8. The molecule has 2 aromatic rings. The highest BCUT2D eigenvalue weighted by molar-refractivity contribution is 5.88. The summed E-state index contributed by atoms with van der Waals surface area (Å²) in [5, 5.41) is 0.